The second-order valence-electron chi connectivity index (χ2n) is 6.59. The number of anilines is 1. The van der Waals surface area contributed by atoms with Gasteiger partial charge in [-0.2, -0.15) is 0 Å². The zero-order valence-electron chi connectivity index (χ0n) is 15.5. The zero-order chi connectivity index (χ0) is 20.8. The molecule has 1 aliphatic rings. The lowest BCUT2D eigenvalue weighted by Crippen LogP contribution is -2.45. The zero-order valence-corrected chi connectivity index (χ0v) is 15.5. The number of carbonyl (C=O) groups is 2. The van der Waals surface area contributed by atoms with E-state index in [1.165, 1.54) is 36.7 Å². The summed E-state index contributed by atoms with van der Waals surface area (Å²) in [5, 5.41) is 11.2. The molecule has 0 radical (unpaired) electrons. The highest BCUT2D eigenvalue weighted by atomic mass is 19.1. The molecule has 1 saturated heterocycles. The van der Waals surface area contributed by atoms with Crippen LogP contribution in [-0.4, -0.2) is 46.1 Å². The van der Waals surface area contributed by atoms with E-state index in [9.17, 15) is 14.0 Å². The van der Waals surface area contributed by atoms with Crippen molar-refractivity contribution in [3.05, 3.63) is 54.1 Å². The average molecular weight is 400 g/mol. The second kappa shape index (κ2) is 9.05. The van der Waals surface area contributed by atoms with Crippen LogP contribution < -0.4 is 15.8 Å². The van der Waals surface area contributed by atoms with Crippen LogP contribution in [0.25, 0.3) is 6.08 Å². The molecule has 4 N–H and O–H groups in total. The first-order chi connectivity index (χ1) is 13.9. The van der Waals surface area contributed by atoms with Crippen molar-refractivity contribution in [2.75, 3.05) is 18.8 Å². The van der Waals surface area contributed by atoms with Crippen molar-refractivity contribution in [2.45, 2.75) is 18.9 Å². The van der Waals surface area contributed by atoms with Crippen LogP contribution in [0.15, 0.2) is 42.7 Å². The van der Waals surface area contributed by atoms with E-state index >= 15 is 0 Å². The topological polar surface area (TPSA) is 118 Å². The number of amides is 2. The first-order valence-electron chi connectivity index (χ1n) is 9.05. The van der Waals surface area contributed by atoms with Gasteiger partial charge in [-0.1, -0.05) is 0 Å². The van der Waals surface area contributed by atoms with E-state index in [2.05, 4.69) is 10.3 Å². The number of hydrogen-bond donors (Lipinski definition) is 3. The number of likely N-dealkylation sites (tertiary alicyclic amines) is 1. The summed E-state index contributed by atoms with van der Waals surface area (Å²) >= 11 is 0. The Kier molecular flexibility index (Phi) is 6.28. The van der Waals surface area contributed by atoms with Crippen LogP contribution in [0.2, 0.25) is 0 Å². The Hall–Kier alpha value is -3.62. The number of piperidine rings is 1. The van der Waals surface area contributed by atoms with Crippen LogP contribution in [0.5, 0.6) is 11.5 Å². The van der Waals surface area contributed by atoms with Gasteiger partial charge >= 0.3 is 6.09 Å². The maximum atomic E-state index is 14.0. The lowest BCUT2D eigenvalue weighted by Gasteiger charge is -2.31. The molecule has 0 atom stereocenters. The van der Waals surface area contributed by atoms with Gasteiger partial charge in [0.05, 0.1) is 0 Å². The van der Waals surface area contributed by atoms with Crippen molar-refractivity contribution in [3.8, 4) is 11.5 Å². The molecule has 0 unspecified atom stereocenters. The van der Waals surface area contributed by atoms with Crippen LogP contribution in [0.4, 0.5) is 14.9 Å². The van der Waals surface area contributed by atoms with E-state index in [0.717, 1.165) is 0 Å². The summed E-state index contributed by atoms with van der Waals surface area (Å²) in [5.41, 5.74) is 6.35. The summed E-state index contributed by atoms with van der Waals surface area (Å²) in [6, 6.07) is 5.55. The van der Waals surface area contributed by atoms with Gasteiger partial charge in [0.2, 0.25) is 5.91 Å². The summed E-state index contributed by atoms with van der Waals surface area (Å²) in [4.78, 5) is 28.8. The molecule has 9 heteroatoms. The van der Waals surface area contributed by atoms with Crippen LogP contribution in [0.1, 0.15) is 18.4 Å². The summed E-state index contributed by atoms with van der Waals surface area (Å²) in [6.07, 6.45) is 6.03. The number of hydrogen-bond acceptors (Lipinski definition) is 5. The Balaban J connectivity index is 1.65. The minimum atomic E-state index is -1.06. The number of pyridine rings is 1. The summed E-state index contributed by atoms with van der Waals surface area (Å²) in [7, 11) is 0. The molecule has 3 rings (SSSR count). The number of nitrogen functional groups attached to an aromatic ring is 1. The molecule has 2 heterocycles. The minimum Gasteiger partial charge on any atom is -0.465 e. The molecule has 1 aromatic carbocycles. The third kappa shape index (κ3) is 5.44. The fourth-order valence-corrected chi connectivity index (χ4v) is 3.02. The smallest absolute Gasteiger partial charge is 0.404 e. The van der Waals surface area contributed by atoms with Crippen molar-refractivity contribution < 1.29 is 23.8 Å². The molecule has 152 valence electrons. The Morgan fingerprint density at radius 1 is 1.28 bits per heavy atom. The van der Waals surface area contributed by atoms with Gasteiger partial charge in [0, 0.05) is 54.9 Å². The maximum absolute atomic E-state index is 14.0. The quantitative estimate of drug-likeness (QED) is 0.525. The first-order valence-corrected chi connectivity index (χ1v) is 9.05. The molecular weight excluding hydrogens is 379 g/mol. The fourth-order valence-electron chi connectivity index (χ4n) is 3.02. The molecule has 2 amide bonds. The van der Waals surface area contributed by atoms with E-state index in [0.29, 0.717) is 37.2 Å². The molecule has 1 fully saturated rings. The highest BCUT2D eigenvalue weighted by molar-refractivity contribution is 5.92. The van der Waals surface area contributed by atoms with Gasteiger partial charge in [0.1, 0.15) is 5.75 Å². The van der Waals surface area contributed by atoms with E-state index in [1.54, 1.807) is 17.0 Å². The largest absolute Gasteiger partial charge is 0.465 e. The third-order valence-corrected chi connectivity index (χ3v) is 4.53. The lowest BCUT2D eigenvalue weighted by molar-refractivity contribution is -0.127. The SMILES string of the molecule is Nc1ccc(Oc2ccncc2C=CC(=O)N2CCC(NC(=O)O)CC2)c(F)c1. The van der Waals surface area contributed by atoms with Crippen molar-refractivity contribution >= 4 is 23.8 Å². The predicted octanol–water partition coefficient (Wildman–Crippen LogP) is 2.87. The Bertz CT molecular complexity index is 926. The van der Waals surface area contributed by atoms with Gasteiger partial charge < -0.3 is 25.8 Å². The fraction of sp³-hybridized carbons (Fsp3) is 0.250. The number of nitrogens with zero attached hydrogens (tertiary/aromatic N) is 2. The highest BCUT2D eigenvalue weighted by Gasteiger charge is 2.22. The van der Waals surface area contributed by atoms with Gasteiger partial charge in [-0.05, 0) is 37.1 Å². The summed E-state index contributed by atoms with van der Waals surface area (Å²) in [5.74, 6) is -0.436. The maximum Gasteiger partial charge on any atom is 0.404 e. The number of nitrogens with one attached hydrogen (secondary N) is 1. The molecule has 29 heavy (non-hydrogen) atoms. The number of carboxylic acid groups (broad SMARTS) is 1. The van der Waals surface area contributed by atoms with Gasteiger partial charge in [0.25, 0.3) is 0 Å². The van der Waals surface area contributed by atoms with Crippen LogP contribution in [-0.2, 0) is 4.79 Å². The summed E-state index contributed by atoms with van der Waals surface area (Å²) < 4.78 is 19.6. The number of halogens is 1. The Morgan fingerprint density at radius 2 is 2.03 bits per heavy atom. The van der Waals surface area contributed by atoms with Crippen LogP contribution in [0.3, 0.4) is 0 Å². The van der Waals surface area contributed by atoms with E-state index in [-0.39, 0.29) is 23.4 Å². The van der Waals surface area contributed by atoms with Gasteiger partial charge in [-0.15, -0.1) is 0 Å². The number of ether oxygens (including phenoxy) is 1. The normalized spacial score (nSPS) is 14.7. The lowest BCUT2D eigenvalue weighted by atomic mass is 10.1. The first kappa shape index (κ1) is 20.1. The van der Waals surface area contributed by atoms with E-state index in [1.807, 2.05) is 0 Å². The predicted molar refractivity (Wildman–Crippen MR) is 105 cm³/mol. The minimum absolute atomic E-state index is 0.0133. The molecule has 0 saturated carbocycles. The summed E-state index contributed by atoms with van der Waals surface area (Å²) in [6.45, 7) is 0.919. The van der Waals surface area contributed by atoms with Crippen molar-refractivity contribution in [1.29, 1.82) is 0 Å². The van der Waals surface area contributed by atoms with Gasteiger partial charge in [-0.3, -0.25) is 9.78 Å². The number of aromatic nitrogens is 1. The Labute approximate surface area is 166 Å². The molecular formula is C20H21FN4O4. The average Bonchev–Trinajstić information content (AvgIpc) is 2.69. The van der Waals surface area contributed by atoms with Crippen LogP contribution in [0, 0.1) is 5.82 Å². The number of carbonyl (C=O) groups excluding carboxylic acids is 1. The van der Waals surface area contributed by atoms with Crippen molar-refractivity contribution in [1.82, 2.24) is 15.2 Å². The number of benzene rings is 1. The number of nitrogens with two attached hydrogens (primary N) is 1. The Morgan fingerprint density at radius 3 is 2.72 bits per heavy atom. The molecule has 1 aromatic heterocycles. The van der Waals surface area contributed by atoms with Gasteiger partial charge in [-0.25, -0.2) is 9.18 Å². The van der Waals surface area contributed by atoms with Gasteiger partial charge in [0.15, 0.2) is 11.6 Å². The molecule has 0 aliphatic carbocycles. The molecule has 2 aromatic rings. The van der Waals surface area contributed by atoms with E-state index < -0.39 is 11.9 Å². The highest BCUT2D eigenvalue weighted by Crippen LogP contribution is 2.28. The number of rotatable bonds is 5. The van der Waals surface area contributed by atoms with E-state index in [4.69, 9.17) is 15.6 Å². The van der Waals surface area contributed by atoms with Crippen molar-refractivity contribution in [2.24, 2.45) is 0 Å². The van der Waals surface area contributed by atoms with Crippen molar-refractivity contribution in [3.63, 3.8) is 0 Å². The third-order valence-electron chi connectivity index (χ3n) is 4.53. The standard InChI is InChI=1S/C20H21FN4O4/c21-16-11-14(22)2-3-18(16)29-17-5-8-23-12-13(17)1-4-19(26)25-9-6-15(7-10-25)24-20(27)28/h1-5,8,11-12,15,24H,6-7,9-10,22H2,(H,27,28). The molecule has 0 bridgehead atoms. The monoisotopic (exact) mass is 400 g/mol. The molecule has 1 aliphatic heterocycles. The second-order valence-corrected chi connectivity index (χ2v) is 6.59. The van der Waals surface area contributed by atoms with Crippen LogP contribution >= 0.6 is 0 Å². The molecule has 8 nitrogen and oxygen atoms in total. The molecule has 0 spiro atoms.